The van der Waals surface area contributed by atoms with Gasteiger partial charge in [0, 0.05) is 60.3 Å². The van der Waals surface area contributed by atoms with E-state index in [0.29, 0.717) is 30.8 Å². The van der Waals surface area contributed by atoms with Crippen LogP contribution >= 0.6 is 11.8 Å². The van der Waals surface area contributed by atoms with E-state index in [-0.39, 0.29) is 6.03 Å². The molecule has 2 aromatic carbocycles. The molecule has 1 atom stereocenters. The summed E-state index contributed by atoms with van der Waals surface area (Å²) in [6, 6.07) is 14.7. The number of urea groups is 1. The minimum absolute atomic E-state index is 0.182. The number of carbonyl (C=O) groups excluding carboxylic acids is 2. The molecule has 0 bridgehead atoms. The van der Waals surface area contributed by atoms with Gasteiger partial charge in [-0.05, 0) is 24.3 Å². The van der Waals surface area contributed by atoms with Crippen LogP contribution in [0.4, 0.5) is 21.9 Å². The molecule has 0 spiro atoms. The molecule has 2 aromatic rings. The molecular formula is C22H26N6O2S. The van der Waals surface area contributed by atoms with E-state index in [2.05, 4.69) is 10.6 Å². The average molecular weight is 439 g/mol. The van der Waals surface area contributed by atoms with Gasteiger partial charge in [-0.3, -0.25) is 4.79 Å². The van der Waals surface area contributed by atoms with Gasteiger partial charge >= 0.3 is 6.03 Å². The van der Waals surface area contributed by atoms with Crippen LogP contribution in [-0.4, -0.2) is 44.0 Å². The van der Waals surface area contributed by atoms with Crippen molar-refractivity contribution in [2.45, 2.75) is 11.3 Å². The maximum Gasteiger partial charge on any atom is 0.322 e. The number of nitrogen functional groups attached to an aromatic ring is 1. The molecule has 2 heterocycles. The van der Waals surface area contributed by atoms with E-state index < -0.39 is 10.8 Å². The predicted molar refractivity (Wildman–Crippen MR) is 125 cm³/mol. The Labute approximate surface area is 185 Å². The Morgan fingerprint density at radius 3 is 2.68 bits per heavy atom. The van der Waals surface area contributed by atoms with Crippen molar-refractivity contribution in [3.8, 4) is 0 Å². The van der Waals surface area contributed by atoms with Crippen LogP contribution in [-0.2, 0) is 9.67 Å². The Morgan fingerprint density at radius 2 is 1.97 bits per heavy atom. The summed E-state index contributed by atoms with van der Waals surface area (Å²) in [6.45, 7) is 0.929. The number of amides is 3. The van der Waals surface area contributed by atoms with Crippen molar-refractivity contribution in [2.24, 2.45) is 5.73 Å². The van der Waals surface area contributed by atoms with Crippen molar-refractivity contribution < 1.29 is 9.59 Å². The number of rotatable bonds is 4. The Kier molecular flexibility index (Phi) is 5.45. The molecule has 4 rings (SSSR count). The Bertz CT molecular complexity index is 1070. The van der Waals surface area contributed by atoms with Crippen LogP contribution in [0.25, 0.3) is 0 Å². The summed E-state index contributed by atoms with van der Waals surface area (Å²) >= 11 is 1.34. The molecular weight excluding hydrogens is 412 g/mol. The third kappa shape index (κ3) is 3.88. The lowest BCUT2D eigenvalue weighted by Crippen LogP contribution is -2.47. The number of hydrogen-bond acceptors (Lipinski definition) is 6. The van der Waals surface area contributed by atoms with Crippen LogP contribution in [0.15, 0.2) is 59.1 Å². The van der Waals surface area contributed by atoms with Gasteiger partial charge < -0.3 is 31.9 Å². The highest BCUT2D eigenvalue weighted by Crippen LogP contribution is 2.49. The molecule has 0 saturated carbocycles. The predicted octanol–water partition coefficient (Wildman–Crippen LogP) is 2.46. The van der Waals surface area contributed by atoms with Crippen molar-refractivity contribution in [3.63, 3.8) is 0 Å². The normalized spacial score (nSPS) is 20.1. The molecule has 9 heteroatoms. The van der Waals surface area contributed by atoms with E-state index in [9.17, 15) is 9.59 Å². The number of primary amides is 1. The van der Waals surface area contributed by atoms with E-state index in [0.717, 1.165) is 22.0 Å². The quantitative estimate of drug-likeness (QED) is 0.545. The number of para-hydroxylation sites is 1. The number of nitrogens with two attached hydrogens (primary N) is 2. The highest BCUT2D eigenvalue weighted by molar-refractivity contribution is 8.05. The molecule has 162 valence electrons. The maximum atomic E-state index is 12.9. The second kappa shape index (κ2) is 8.07. The van der Waals surface area contributed by atoms with Crippen LogP contribution in [0.3, 0.4) is 0 Å². The zero-order valence-corrected chi connectivity index (χ0v) is 18.3. The van der Waals surface area contributed by atoms with Crippen LogP contribution < -0.4 is 27.0 Å². The average Bonchev–Trinajstić information content (AvgIpc) is 3.14. The first kappa shape index (κ1) is 20.9. The van der Waals surface area contributed by atoms with E-state index in [1.54, 1.807) is 17.0 Å². The SMILES string of the molecule is CN(C)c1cccc(NC(=O)N2CCC3=C(C2)SC(C(N)=O)(c2ccccc2N)N3)c1. The Hall–Kier alpha value is -3.33. The molecule has 2 aliphatic rings. The van der Waals surface area contributed by atoms with Crippen LogP contribution in [0.2, 0.25) is 0 Å². The second-order valence-electron chi connectivity index (χ2n) is 7.81. The molecule has 2 aliphatic heterocycles. The van der Waals surface area contributed by atoms with Gasteiger partial charge in [-0.25, -0.2) is 4.79 Å². The van der Waals surface area contributed by atoms with Crippen LogP contribution in [0.1, 0.15) is 12.0 Å². The van der Waals surface area contributed by atoms with Gasteiger partial charge in [0.05, 0.1) is 6.54 Å². The fraction of sp³-hybridized carbons (Fsp3) is 0.273. The molecule has 3 amide bonds. The zero-order valence-electron chi connectivity index (χ0n) is 17.5. The minimum atomic E-state index is -1.16. The molecule has 0 aliphatic carbocycles. The van der Waals surface area contributed by atoms with Gasteiger partial charge in [0.25, 0.3) is 5.91 Å². The molecule has 6 N–H and O–H groups in total. The third-order valence-electron chi connectivity index (χ3n) is 5.49. The molecule has 8 nitrogen and oxygen atoms in total. The molecule has 0 saturated heterocycles. The highest BCUT2D eigenvalue weighted by Gasteiger charge is 2.48. The Balaban J connectivity index is 1.50. The molecule has 0 fully saturated rings. The molecule has 0 aromatic heterocycles. The van der Waals surface area contributed by atoms with Crippen LogP contribution in [0.5, 0.6) is 0 Å². The smallest absolute Gasteiger partial charge is 0.322 e. The molecule has 0 radical (unpaired) electrons. The van der Waals surface area contributed by atoms with Gasteiger partial charge in [-0.2, -0.15) is 0 Å². The molecule has 31 heavy (non-hydrogen) atoms. The summed E-state index contributed by atoms with van der Waals surface area (Å²) in [5.74, 6) is -0.513. The summed E-state index contributed by atoms with van der Waals surface area (Å²) in [4.78, 5) is 28.9. The van der Waals surface area contributed by atoms with Crippen LogP contribution in [0, 0.1) is 0 Å². The topological polar surface area (TPSA) is 117 Å². The lowest BCUT2D eigenvalue weighted by Gasteiger charge is -2.28. The zero-order chi connectivity index (χ0) is 22.2. The number of anilines is 3. The number of nitrogens with one attached hydrogen (secondary N) is 2. The van der Waals surface area contributed by atoms with Gasteiger partial charge in [-0.1, -0.05) is 36.0 Å². The van der Waals surface area contributed by atoms with E-state index in [1.807, 2.05) is 55.4 Å². The van der Waals surface area contributed by atoms with Crippen molar-refractivity contribution in [1.82, 2.24) is 10.2 Å². The largest absolute Gasteiger partial charge is 0.398 e. The first-order chi connectivity index (χ1) is 14.8. The monoisotopic (exact) mass is 438 g/mol. The van der Waals surface area contributed by atoms with Crippen molar-refractivity contribution >= 4 is 40.8 Å². The lowest BCUT2D eigenvalue weighted by molar-refractivity contribution is -0.121. The first-order valence-electron chi connectivity index (χ1n) is 9.97. The number of nitrogens with zero attached hydrogens (tertiary/aromatic N) is 2. The second-order valence-corrected chi connectivity index (χ2v) is 9.12. The van der Waals surface area contributed by atoms with Gasteiger partial charge in [-0.15, -0.1) is 0 Å². The van der Waals surface area contributed by atoms with Gasteiger partial charge in [0.2, 0.25) is 0 Å². The van der Waals surface area contributed by atoms with Gasteiger partial charge in [0.1, 0.15) is 0 Å². The fourth-order valence-corrected chi connectivity index (χ4v) is 5.24. The summed E-state index contributed by atoms with van der Waals surface area (Å²) in [7, 11) is 3.91. The van der Waals surface area contributed by atoms with E-state index in [1.165, 1.54) is 11.8 Å². The van der Waals surface area contributed by atoms with Gasteiger partial charge in [0.15, 0.2) is 4.87 Å². The minimum Gasteiger partial charge on any atom is -0.398 e. The fourth-order valence-electron chi connectivity index (χ4n) is 3.81. The number of carbonyl (C=O) groups is 2. The highest BCUT2D eigenvalue weighted by atomic mass is 32.2. The summed E-state index contributed by atoms with van der Waals surface area (Å²) < 4.78 is 0. The van der Waals surface area contributed by atoms with E-state index >= 15 is 0 Å². The van der Waals surface area contributed by atoms with Crippen molar-refractivity contribution in [2.75, 3.05) is 43.1 Å². The number of thioether (sulfide) groups is 1. The first-order valence-corrected chi connectivity index (χ1v) is 10.8. The lowest BCUT2D eigenvalue weighted by atomic mass is 10.0. The van der Waals surface area contributed by atoms with Crippen molar-refractivity contribution in [1.29, 1.82) is 0 Å². The number of benzene rings is 2. The summed E-state index contributed by atoms with van der Waals surface area (Å²) in [5.41, 5.74) is 15.8. The van der Waals surface area contributed by atoms with E-state index in [4.69, 9.17) is 11.5 Å². The standard InChI is InChI=1S/C22H26N6O2S/c1-27(2)15-7-5-6-14(12-15)25-21(30)28-11-10-18-19(13-28)31-22(26-18,20(24)29)16-8-3-4-9-17(16)23/h3-9,12,26H,10-11,13,23H2,1-2H3,(H2,24,29)(H,25,30). The Morgan fingerprint density at radius 1 is 1.19 bits per heavy atom. The maximum absolute atomic E-state index is 12.9. The summed E-state index contributed by atoms with van der Waals surface area (Å²) in [5, 5.41) is 6.28. The number of hydrogen-bond donors (Lipinski definition) is 4. The van der Waals surface area contributed by atoms with Crippen molar-refractivity contribution in [3.05, 3.63) is 64.7 Å². The molecule has 1 unspecified atom stereocenters. The summed E-state index contributed by atoms with van der Waals surface area (Å²) in [6.07, 6.45) is 0.606. The third-order valence-corrected chi connectivity index (χ3v) is 6.95.